The van der Waals surface area contributed by atoms with Gasteiger partial charge in [0, 0.05) is 24.7 Å². The SMILES string of the molecule is C=C(CNC(C)(C)C)CN1CCC[C@H]2CCCC[C@H]21. The van der Waals surface area contributed by atoms with E-state index in [4.69, 9.17) is 0 Å². The van der Waals surface area contributed by atoms with Gasteiger partial charge in [0.05, 0.1) is 0 Å². The van der Waals surface area contributed by atoms with Crippen LogP contribution < -0.4 is 5.32 Å². The summed E-state index contributed by atoms with van der Waals surface area (Å²) in [5.41, 5.74) is 1.54. The average molecular weight is 264 g/mol. The first-order valence-corrected chi connectivity index (χ1v) is 8.11. The van der Waals surface area contributed by atoms with Crippen LogP contribution in [0.5, 0.6) is 0 Å². The Bertz CT molecular complexity index is 301. The van der Waals surface area contributed by atoms with Crippen molar-refractivity contribution >= 4 is 0 Å². The Morgan fingerprint density at radius 3 is 2.58 bits per heavy atom. The van der Waals surface area contributed by atoms with Crippen LogP contribution in [-0.2, 0) is 0 Å². The number of hydrogen-bond donors (Lipinski definition) is 1. The number of fused-ring (bicyclic) bond motifs is 1. The topological polar surface area (TPSA) is 15.3 Å². The van der Waals surface area contributed by atoms with Crippen molar-refractivity contribution in [3.63, 3.8) is 0 Å². The predicted octanol–water partition coefficient (Wildman–Crippen LogP) is 3.59. The molecule has 0 aromatic rings. The minimum Gasteiger partial charge on any atom is -0.308 e. The van der Waals surface area contributed by atoms with E-state index in [0.717, 1.165) is 25.0 Å². The van der Waals surface area contributed by atoms with Gasteiger partial charge in [-0.3, -0.25) is 4.90 Å². The third-order valence-electron chi connectivity index (χ3n) is 4.65. The lowest BCUT2D eigenvalue weighted by Gasteiger charge is -2.44. The fraction of sp³-hybridized carbons (Fsp3) is 0.882. The number of likely N-dealkylation sites (tertiary alicyclic amines) is 1. The zero-order valence-corrected chi connectivity index (χ0v) is 13.2. The molecule has 0 spiro atoms. The Morgan fingerprint density at radius 1 is 1.16 bits per heavy atom. The fourth-order valence-corrected chi connectivity index (χ4v) is 3.66. The summed E-state index contributed by atoms with van der Waals surface area (Å²) >= 11 is 0. The highest BCUT2D eigenvalue weighted by Gasteiger charge is 2.32. The Labute approximate surface area is 119 Å². The van der Waals surface area contributed by atoms with E-state index in [9.17, 15) is 0 Å². The number of rotatable bonds is 4. The van der Waals surface area contributed by atoms with Crippen molar-refractivity contribution in [3.8, 4) is 0 Å². The second kappa shape index (κ2) is 6.41. The van der Waals surface area contributed by atoms with Gasteiger partial charge in [-0.1, -0.05) is 19.4 Å². The molecule has 1 heterocycles. The quantitative estimate of drug-likeness (QED) is 0.781. The van der Waals surface area contributed by atoms with E-state index < -0.39 is 0 Å². The highest BCUT2D eigenvalue weighted by molar-refractivity contribution is 5.03. The van der Waals surface area contributed by atoms with Crippen molar-refractivity contribution in [2.24, 2.45) is 5.92 Å². The first-order valence-electron chi connectivity index (χ1n) is 8.11. The molecule has 2 aliphatic rings. The molecule has 1 N–H and O–H groups in total. The summed E-state index contributed by atoms with van der Waals surface area (Å²) in [7, 11) is 0. The van der Waals surface area contributed by atoms with Crippen LogP contribution in [0.4, 0.5) is 0 Å². The van der Waals surface area contributed by atoms with Gasteiger partial charge in [0.2, 0.25) is 0 Å². The Balaban J connectivity index is 1.82. The molecule has 2 fully saturated rings. The molecule has 0 bridgehead atoms. The van der Waals surface area contributed by atoms with Crippen LogP contribution in [0, 0.1) is 5.92 Å². The number of hydrogen-bond acceptors (Lipinski definition) is 2. The maximum atomic E-state index is 4.29. The molecule has 1 aliphatic heterocycles. The largest absolute Gasteiger partial charge is 0.308 e. The van der Waals surface area contributed by atoms with E-state index in [1.54, 1.807) is 0 Å². The van der Waals surface area contributed by atoms with Crippen molar-refractivity contribution in [1.29, 1.82) is 0 Å². The lowest BCUT2D eigenvalue weighted by Crippen LogP contribution is -2.48. The van der Waals surface area contributed by atoms with Gasteiger partial charge in [-0.2, -0.15) is 0 Å². The number of piperidine rings is 1. The highest BCUT2D eigenvalue weighted by Crippen LogP contribution is 2.35. The van der Waals surface area contributed by atoms with Crippen LogP contribution in [0.3, 0.4) is 0 Å². The molecule has 19 heavy (non-hydrogen) atoms. The van der Waals surface area contributed by atoms with Crippen LogP contribution in [0.25, 0.3) is 0 Å². The summed E-state index contributed by atoms with van der Waals surface area (Å²) in [5.74, 6) is 0.978. The van der Waals surface area contributed by atoms with Gasteiger partial charge < -0.3 is 5.32 Å². The maximum Gasteiger partial charge on any atom is 0.0205 e. The van der Waals surface area contributed by atoms with Crippen LogP contribution in [0.2, 0.25) is 0 Å². The maximum absolute atomic E-state index is 4.29. The Hall–Kier alpha value is -0.340. The van der Waals surface area contributed by atoms with Crippen LogP contribution >= 0.6 is 0 Å². The van der Waals surface area contributed by atoms with E-state index in [1.165, 1.54) is 50.6 Å². The molecule has 110 valence electrons. The summed E-state index contributed by atoms with van der Waals surface area (Å²) in [6.45, 7) is 14.3. The van der Waals surface area contributed by atoms with Gasteiger partial charge >= 0.3 is 0 Å². The molecule has 2 heteroatoms. The number of nitrogens with one attached hydrogen (secondary N) is 1. The highest BCUT2D eigenvalue weighted by atomic mass is 15.2. The standard InChI is InChI=1S/C17H32N2/c1-14(12-18-17(2,3)4)13-19-11-7-9-15-8-5-6-10-16(15)19/h15-16,18H,1,5-13H2,2-4H3/t15-,16-/m1/s1. The normalized spacial score (nSPS) is 29.0. The van der Waals surface area contributed by atoms with Crippen LogP contribution in [-0.4, -0.2) is 36.1 Å². The van der Waals surface area contributed by atoms with Crippen molar-refractivity contribution in [3.05, 3.63) is 12.2 Å². The summed E-state index contributed by atoms with van der Waals surface area (Å²) in [5, 5.41) is 3.56. The van der Waals surface area contributed by atoms with Crippen molar-refractivity contribution < 1.29 is 0 Å². The molecular weight excluding hydrogens is 232 g/mol. The zero-order chi connectivity index (χ0) is 13.9. The molecule has 2 nitrogen and oxygen atoms in total. The number of nitrogens with zero attached hydrogens (tertiary/aromatic N) is 1. The molecule has 1 saturated carbocycles. The van der Waals surface area contributed by atoms with E-state index >= 15 is 0 Å². The Morgan fingerprint density at radius 2 is 1.84 bits per heavy atom. The predicted molar refractivity (Wildman–Crippen MR) is 83.4 cm³/mol. The van der Waals surface area contributed by atoms with Crippen LogP contribution in [0.1, 0.15) is 59.3 Å². The van der Waals surface area contributed by atoms with Gasteiger partial charge in [0.15, 0.2) is 0 Å². The molecule has 0 radical (unpaired) electrons. The van der Waals surface area contributed by atoms with E-state index in [2.05, 4.69) is 37.6 Å². The van der Waals surface area contributed by atoms with Gasteiger partial charge in [-0.05, 0) is 64.5 Å². The van der Waals surface area contributed by atoms with Gasteiger partial charge in [-0.25, -0.2) is 0 Å². The zero-order valence-electron chi connectivity index (χ0n) is 13.2. The van der Waals surface area contributed by atoms with Crippen LogP contribution in [0.15, 0.2) is 12.2 Å². The third-order valence-corrected chi connectivity index (χ3v) is 4.65. The van der Waals surface area contributed by atoms with Crippen molar-refractivity contribution in [2.75, 3.05) is 19.6 Å². The second-order valence-corrected chi connectivity index (χ2v) is 7.58. The van der Waals surface area contributed by atoms with Crippen molar-refractivity contribution in [2.45, 2.75) is 70.9 Å². The summed E-state index contributed by atoms with van der Waals surface area (Å²) < 4.78 is 0. The summed E-state index contributed by atoms with van der Waals surface area (Å²) in [4.78, 5) is 2.72. The lowest BCUT2D eigenvalue weighted by molar-refractivity contribution is 0.0685. The average Bonchev–Trinajstić information content (AvgIpc) is 2.36. The lowest BCUT2D eigenvalue weighted by atomic mass is 9.78. The molecule has 2 rings (SSSR count). The second-order valence-electron chi connectivity index (χ2n) is 7.58. The molecule has 1 aliphatic carbocycles. The minimum absolute atomic E-state index is 0.193. The minimum atomic E-state index is 0.193. The first-order chi connectivity index (χ1) is 8.96. The Kier molecular flexibility index (Phi) is 5.08. The van der Waals surface area contributed by atoms with Crippen molar-refractivity contribution in [1.82, 2.24) is 10.2 Å². The molecule has 0 unspecified atom stereocenters. The fourth-order valence-electron chi connectivity index (χ4n) is 3.66. The van der Waals surface area contributed by atoms with E-state index in [0.29, 0.717) is 0 Å². The molecule has 0 amide bonds. The third kappa shape index (κ3) is 4.61. The first kappa shape index (κ1) is 15.1. The van der Waals surface area contributed by atoms with Gasteiger partial charge in [0.25, 0.3) is 0 Å². The molecule has 0 aromatic heterocycles. The summed E-state index contributed by atoms with van der Waals surface area (Å²) in [6, 6.07) is 0.855. The van der Waals surface area contributed by atoms with E-state index in [-0.39, 0.29) is 5.54 Å². The van der Waals surface area contributed by atoms with E-state index in [1.807, 2.05) is 0 Å². The molecule has 1 saturated heterocycles. The smallest absolute Gasteiger partial charge is 0.0205 e. The molecule has 0 aromatic carbocycles. The van der Waals surface area contributed by atoms with Gasteiger partial charge in [0.1, 0.15) is 0 Å². The van der Waals surface area contributed by atoms with Gasteiger partial charge in [-0.15, -0.1) is 0 Å². The monoisotopic (exact) mass is 264 g/mol. The molecular formula is C17H32N2. The summed E-state index contributed by atoms with van der Waals surface area (Å²) in [6.07, 6.45) is 8.64. The molecule has 2 atom stereocenters.